The van der Waals surface area contributed by atoms with Crippen LogP contribution in [0.25, 0.3) is 0 Å². The molecule has 0 aliphatic rings. The van der Waals surface area contributed by atoms with E-state index in [0.717, 1.165) is 22.4 Å². The van der Waals surface area contributed by atoms with Gasteiger partial charge in [0.2, 0.25) is 0 Å². The number of amides is 1. The third-order valence-corrected chi connectivity index (χ3v) is 3.89. The van der Waals surface area contributed by atoms with E-state index in [-0.39, 0.29) is 12.5 Å². The lowest BCUT2D eigenvalue weighted by Gasteiger charge is -2.12. The molecule has 1 amide bonds. The lowest BCUT2D eigenvalue weighted by molar-refractivity contribution is -0.123. The molecule has 0 unspecified atom stereocenters. The van der Waals surface area contributed by atoms with Crippen LogP contribution in [-0.4, -0.2) is 32.1 Å². The Balaban J connectivity index is 2.01. The van der Waals surface area contributed by atoms with E-state index >= 15 is 0 Å². The first-order chi connectivity index (χ1) is 13.4. The number of benzene rings is 2. The number of nitrogens with one attached hydrogen (secondary N) is 2. The summed E-state index contributed by atoms with van der Waals surface area (Å²) in [6.45, 7) is 6.81. The van der Waals surface area contributed by atoms with Crippen molar-refractivity contribution in [2.75, 3.05) is 25.6 Å². The Kier molecular flexibility index (Phi) is 7.68. The molecule has 0 saturated heterocycles. The second-order valence-corrected chi connectivity index (χ2v) is 6.43. The number of guanidine groups is 1. The minimum absolute atomic E-state index is 0.0610. The minimum Gasteiger partial charge on any atom is -0.493 e. The standard InChI is InChI=1S/C21H28N4O3/c1-5-23-20(26)13-28-18-7-6-16(11-19(18)27-4)12-24-21(22)25-17-9-14(2)8-15(3)10-17/h6-11H,5,12-13H2,1-4H3,(H,23,26)(H3,22,24,25). The average molecular weight is 384 g/mol. The van der Waals surface area contributed by atoms with Crippen LogP contribution in [0.5, 0.6) is 11.5 Å². The normalized spacial score (nSPS) is 11.1. The maximum absolute atomic E-state index is 11.5. The number of aryl methyl sites for hydroxylation is 2. The number of anilines is 1. The van der Waals surface area contributed by atoms with Gasteiger partial charge < -0.3 is 25.8 Å². The molecule has 150 valence electrons. The Morgan fingerprint density at radius 3 is 2.46 bits per heavy atom. The van der Waals surface area contributed by atoms with Crippen LogP contribution in [0.3, 0.4) is 0 Å². The fourth-order valence-electron chi connectivity index (χ4n) is 2.73. The largest absolute Gasteiger partial charge is 0.493 e. The van der Waals surface area contributed by atoms with Crippen LogP contribution < -0.4 is 25.8 Å². The smallest absolute Gasteiger partial charge is 0.257 e. The zero-order valence-electron chi connectivity index (χ0n) is 16.8. The molecule has 0 bridgehead atoms. The van der Waals surface area contributed by atoms with Crippen molar-refractivity contribution in [3.8, 4) is 11.5 Å². The molecule has 0 aromatic heterocycles. The predicted octanol–water partition coefficient (Wildman–Crippen LogP) is 2.75. The summed E-state index contributed by atoms with van der Waals surface area (Å²) in [6, 6.07) is 11.6. The molecule has 0 spiro atoms. The van der Waals surface area contributed by atoms with Crippen LogP contribution in [0.1, 0.15) is 23.6 Å². The fourth-order valence-corrected chi connectivity index (χ4v) is 2.73. The number of nitrogens with zero attached hydrogens (tertiary/aromatic N) is 1. The summed E-state index contributed by atoms with van der Waals surface area (Å²) in [7, 11) is 1.55. The molecular weight excluding hydrogens is 356 g/mol. The monoisotopic (exact) mass is 384 g/mol. The van der Waals surface area contributed by atoms with E-state index in [4.69, 9.17) is 15.2 Å². The quantitative estimate of drug-likeness (QED) is 0.480. The van der Waals surface area contributed by atoms with Gasteiger partial charge in [0.15, 0.2) is 24.1 Å². The van der Waals surface area contributed by atoms with E-state index in [1.54, 1.807) is 13.2 Å². The lowest BCUT2D eigenvalue weighted by atomic mass is 10.1. The molecular formula is C21H28N4O3. The molecule has 0 saturated carbocycles. The Morgan fingerprint density at radius 2 is 1.82 bits per heavy atom. The molecule has 7 heteroatoms. The Labute approximate surface area is 165 Å². The number of carbonyl (C=O) groups is 1. The van der Waals surface area contributed by atoms with Gasteiger partial charge in [0.05, 0.1) is 13.7 Å². The van der Waals surface area contributed by atoms with E-state index in [2.05, 4.69) is 21.7 Å². The van der Waals surface area contributed by atoms with E-state index in [9.17, 15) is 4.79 Å². The van der Waals surface area contributed by atoms with Gasteiger partial charge >= 0.3 is 0 Å². The van der Waals surface area contributed by atoms with Gasteiger partial charge in [-0.05, 0) is 61.7 Å². The molecule has 28 heavy (non-hydrogen) atoms. The topological polar surface area (TPSA) is 98.0 Å². The minimum atomic E-state index is -0.177. The van der Waals surface area contributed by atoms with Crippen LogP contribution in [0.4, 0.5) is 5.69 Å². The van der Waals surface area contributed by atoms with Gasteiger partial charge in [-0.1, -0.05) is 12.1 Å². The van der Waals surface area contributed by atoms with Crippen LogP contribution in [-0.2, 0) is 11.3 Å². The molecule has 0 aliphatic heterocycles. The molecule has 2 aromatic carbocycles. The van der Waals surface area contributed by atoms with E-state index in [1.165, 1.54) is 0 Å². The van der Waals surface area contributed by atoms with Crippen LogP contribution >= 0.6 is 0 Å². The predicted molar refractivity (Wildman–Crippen MR) is 112 cm³/mol. The highest BCUT2D eigenvalue weighted by Crippen LogP contribution is 2.28. The Hall–Kier alpha value is -3.22. The summed E-state index contributed by atoms with van der Waals surface area (Å²) in [6.07, 6.45) is 0. The van der Waals surface area contributed by atoms with Crippen molar-refractivity contribution in [1.82, 2.24) is 5.32 Å². The van der Waals surface area contributed by atoms with Gasteiger partial charge in [-0.15, -0.1) is 0 Å². The molecule has 0 aliphatic carbocycles. The maximum atomic E-state index is 11.5. The number of rotatable bonds is 8. The third kappa shape index (κ3) is 6.50. The first-order valence-corrected chi connectivity index (χ1v) is 9.13. The van der Waals surface area contributed by atoms with Crippen molar-refractivity contribution in [3.63, 3.8) is 0 Å². The highest BCUT2D eigenvalue weighted by atomic mass is 16.5. The summed E-state index contributed by atoms with van der Waals surface area (Å²) in [5.74, 6) is 1.20. The van der Waals surface area contributed by atoms with E-state index in [0.29, 0.717) is 30.5 Å². The first-order valence-electron chi connectivity index (χ1n) is 9.13. The second kappa shape index (κ2) is 10.2. The van der Waals surface area contributed by atoms with Crippen LogP contribution in [0.2, 0.25) is 0 Å². The highest BCUT2D eigenvalue weighted by Gasteiger charge is 2.08. The van der Waals surface area contributed by atoms with E-state index < -0.39 is 0 Å². The van der Waals surface area contributed by atoms with Gasteiger partial charge in [0.1, 0.15) is 0 Å². The van der Waals surface area contributed by atoms with Crippen molar-refractivity contribution in [2.45, 2.75) is 27.3 Å². The summed E-state index contributed by atoms with van der Waals surface area (Å²) < 4.78 is 10.9. The maximum Gasteiger partial charge on any atom is 0.257 e. The van der Waals surface area contributed by atoms with E-state index in [1.807, 2.05) is 45.0 Å². The number of carbonyl (C=O) groups excluding carboxylic acids is 1. The third-order valence-electron chi connectivity index (χ3n) is 3.89. The SMILES string of the molecule is CCNC(=O)COc1ccc(CN=C(N)Nc2cc(C)cc(C)c2)cc1OC. The van der Waals surface area contributed by atoms with Crippen LogP contribution in [0, 0.1) is 13.8 Å². The lowest BCUT2D eigenvalue weighted by Crippen LogP contribution is -2.28. The summed E-state index contributed by atoms with van der Waals surface area (Å²) in [5, 5.41) is 5.79. The average Bonchev–Trinajstić information content (AvgIpc) is 2.64. The van der Waals surface area contributed by atoms with Gasteiger partial charge in [0.25, 0.3) is 5.91 Å². The molecule has 4 N–H and O–H groups in total. The Morgan fingerprint density at radius 1 is 1.11 bits per heavy atom. The zero-order chi connectivity index (χ0) is 20.5. The highest BCUT2D eigenvalue weighted by molar-refractivity contribution is 5.92. The molecule has 0 fully saturated rings. The van der Waals surface area contributed by atoms with Crippen molar-refractivity contribution in [1.29, 1.82) is 0 Å². The number of methoxy groups -OCH3 is 1. The van der Waals surface area contributed by atoms with Crippen molar-refractivity contribution < 1.29 is 14.3 Å². The molecule has 7 nitrogen and oxygen atoms in total. The number of hydrogen-bond acceptors (Lipinski definition) is 4. The number of aliphatic imine (C=N–C) groups is 1. The molecule has 0 atom stereocenters. The van der Waals surface area contributed by atoms with Gasteiger partial charge in [-0.25, -0.2) is 4.99 Å². The number of likely N-dealkylation sites (N-methyl/N-ethyl adjacent to an activating group) is 1. The number of hydrogen-bond donors (Lipinski definition) is 3. The van der Waals surface area contributed by atoms with Gasteiger partial charge in [-0.3, -0.25) is 4.79 Å². The van der Waals surface area contributed by atoms with Crippen molar-refractivity contribution in [2.24, 2.45) is 10.7 Å². The fraction of sp³-hybridized carbons (Fsp3) is 0.333. The molecule has 2 rings (SSSR count). The number of ether oxygens (including phenoxy) is 2. The van der Waals surface area contributed by atoms with Crippen LogP contribution in [0.15, 0.2) is 41.4 Å². The van der Waals surface area contributed by atoms with Gasteiger partial charge in [-0.2, -0.15) is 0 Å². The zero-order valence-corrected chi connectivity index (χ0v) is 16.8. The first kappa shape index (κ1) is 21.1. The second-order valence-electron chi connectivity index (χ2n) is 6.43. The summed E-state index contributed by atoms with van der Waals surface area (Å²) in [5.41, 5.74) is 10.1. The van der Waals surface area contributed by atoms with Gasteiger partial charge in [0, 0.05) is 12.2 Å². The molecule has 0 radical (unpaired) electrons. The van der Waals surface area contributed by atoms with Crippen molar-refractivity contribution >= 4 is 17.6 Å². The number of nitrogens with two attached hydrogens (primary N) is 1. The molecule has 2 aromatic rings. The van der Waals surface area contributed by atoms with Crippen molar-refractivity contribution in [3.05, 3.63) is 53.1 Å². The summed E-state index contributed by atoms with van der Waals surface area (Å²) >= 11 is 0. The molecule has 0 heterocycles. The Bertz CT molecular complexity index is 829. The summed E-state index contributed by atoms with van der Waals surface area (Å²) in [4.78, 5) is 15.9.